The largest absolute Gasteiger partial charge is 0.348 e. The van der Waals surface area contributed by atoms with Gasteiger partial charge in [-0.15, -0.1) is 0 Å². The van der Waals surface area contributed by atoms with E-state index in [4.69, 9.17) is 0 Å². The number of aromatic nitrogens is 2. The van der Waals surface area contributed by atoms with Crippen molar-refractivity contribution in [2.45, 2.75) is 26.8 Å². The number of pyridine rings is 2. The van der Waals surface area contributed by atoms with Gasteiger partial charge in [-0.25, -0.2) is 0 Å². The quantitative estimate of drug-likeness (QED) is 0.698. The first kappa shape index (κ1) is 20.2. The van der Waals surface area contributed by atoms with Crippen LogP contribution in [0.25, 0.3) is 11.3 Å². The zero-order chi connectivity index (χ0) is 20.8. The Bertz CT molecular complexity index is 998. The second-order valence-electron chi connectivity index (χ2n) is 6.72. The van der Waals surface area contributed by atoms with E-state index >= 15 is 0 Å². The van der Waals surface area contributed by atoms with E-state index in [1.807, 2.05) is 56.3 Å². The van der Waals surface area contributed by atoms with Crippen LogP contribution in [0.15, 0.2) is 60.9 Å². The second-order valence-corrected chi connectivity index (χ2v) is 6.72. The van der Waals surface area contributed by atoms with Gasteiger partial charge < -0.3 is 10.2 Å². The molecule has 0 aliphatic rings. The Morgan fingerprint density at radius 1 is 1.03 bits per heavy atom. The van der Waals surface area contributed by atoms with E-state index in [2.05, 4.69) is 15.3 Å². The van der Waals surface area contributed by atoms with Crippen LogP contribution in [-0.2, 0) is 11.3 Å². The molecule has 0 unspecified atom stereocenters. The van der Waals surface area contributed by atoms with Crippen molar-refractivity contribution in [1.82, 2.24) is 15.3 Å². The molecule has 1 N–H and O–H groups in total. The average molecular weight is 388 g/mol. The monoisotopic (exact) mass is 388 g/mol. The van der Waals surface area contributed by atoms with Gasteiger partial charge in [-0.3, -0.25) is 19.6 Å². The number of carbonyl (C=O) groups is 2. The van der Waals surface area contributed by atoms with E-state index in [0.717, 1.165) is 28.2 Å². The van der Waals surface area contributed by atoms with Gasteiger partial charge in [0, 0.05) is 49.4 Å². The van der Waals surface area contributed by atoms with Crippen molar-refractivity contribution in [1.29, 1.82) is 0 Å². The molecule has 6 nitrogen and oxygen atoms in total. The van der Waals surface area contributed by atoms with Gasteiger partial charge in [-0.05, 0) is 42.8 Å². The predicted molar refractivity (Wildman–Crippen MR) is 114 cm³/mol. The third-order valence-corrected chi connectivity index (χ3v) is 4.81. The molecule has 0 saturated heterocycles. The number of nitrogens with zero attached hydrogens (tertiary/aromatic N) is 3. The molecule has 2 heterocycles. The Morgan fingerprint density at radius 2 is 1.79 bits per heavy atom. The van der Waals surface area contributed by atoms with E-state index in [9.17, 15) is 9.59 Å². The summed E-state index contributed by atoms with van der Waals surface area (Å²) in [6, 6.07) is 15.0. The average Bonchev–Trinajstić information content (AvgIpc) is 2.77. The number of benzene rings is 1. The highest BCUT2D eigenvalue weighted by molar-refractivity contribution is 5.94. The molecular weight excluding hydrogens is 364 g/mol. The minimum atomic E-state index is -0.178. The molecule has 148 valence electrons. The van der Waals surface area contributed by atoms with Crippen molar-refractivity contribution in [3.8, 4) is 11.3 Å². The van der Waals surface area contributed by atoms with Gasteiger partial charge in [-0.1, -0.05) is 25.1 Å². The Morgan fingerprint density at radius 3 is 2.41 bits per heavy atom. The zero-order valence-electron chi connectivity index (χ0n) is 16.8. The molecule has 6 heteroatoms. The minimum absolute atomic E-state index is 0.0627. The van der Waals surface area contributed by atoms with Gasteiger partial charge in [0.15, 0.2) is 0 Å². The number of rotatable bonds is 6. The van der Waals surface area contributed by atoms with E-state index in [-0.39, 0.29) is 11.8 Å². The molecule has 0 fully saturated rings. The summed E-state index contributed by atoms with van der Waals surface area (Å²) in [6.07, 6.45) is 3.76. The van der Waals surface area contributed by atoms with Gasteiger partial charge in [0.1, 0.15) is 0 Å². The van der Waals surface area contributed by atoms with Gasteiger partial charge in [0.2, 0.25) is 5.91 Å². The van der Waals surface area contributed by atoms with Crippen LogP contribution in [0.4, 0.5) is 5.69 Å². The van der Waals surface area contributed by atoms with Crippen LogP contribution >= 0.6 is 0 Å². The van der Waals surface area contributed by atoms with E-state index < -0.39 is 0 Å². The summed E-state index contributed by atoms with van der Waals surface area (Å²) in [5, 5.41) is 2.89. The second kappa shape index (κ2) is 9.10. The minimum Gasteiger partial charge on any atom is -0.348 e. The summed E-state index contributed by atoms with van der Waals surface area (Å²) in [4.78, 5) is 34.5. The fraction of sp³-hybridized carbons (Fsp3) is 0.217. The van der Waals surface area contributed by atoms with E-state index in [1.165, 1.54) is 0 Å². The van der Waals surface area contributed by atoms with Gasteiger partial charge >= 0.3 is 0 Å². The number of nitrogens with one attached hydrogen (secondary N) is 1. The number of carbonyl (C=O) groups excluding carboxylic acids is 2. The summed E-state index contributed by atoms with van der Waals surface area (Å²) < 4.78 is 0. The molecule has 0 spiro atoms. The molecule has 0 saturated carbocycles. The SMILES string of the molecule is CCC(=O)N(C)c1ccc(-c2ccc(C(=O)NCc3cccnc3C)cn2)cc1. The van der Waals surface area contributed by atoms with Crippen LogP contribution in [0.1, 0.15) is 35.0 Å². The van der Waals surface area contributed by atoms with Crippen molar-refractivity contribution in [3.05, 3.63) is 77.7 Å². The first-order valence-corrected chi connectivity index (χ1v) is 9.51. The Kier molecular flexibility index (Phi) is 6.34. The molecule has 0 radical (unpaired) electrons. The molecule has 29 heavy (non-hydrogen) atoms. The van der Waals surface area contributed by atoms with Gasteiger partial charge in [0.25, 0.3) is 5.91 Å². The maximum atomic E-state index is 12.4. The molecule has 0 aliphatic carbocycles. The predicted octanol–water partition coefficient (Wildman–Crippen LogP) is 3.75. The molecule has 2 aromatic heterocycles. The molecule has 0 aliphatic heterocycles. The van der Waals surface area contributed by atoms with Crippen molar-refractivity contribution in [3.63, 3.8) is 0 Å². The maximum absolute atomic E-state index is 12.4. The first-order valence-electron chi connectivity index (χ1n) is 9.51. The van der Waals surface area contributed by atoms with E-state index in [1.54, 1.807) is 30.4 Å². The highest BCUT2D eigenvalue weighted by atomic mass is 16.2. The summed E-state index contributed by atoms with van der Waals surface area (Å²) in [7, 11) is 1.76. The third kappa shape index (κ3) is 4.85. The number of hydrogen-bond donors (Lipinski definition) is 1. The molecule has 3 rings (SSSR count). The number of aryl methyl sites for hydroxylation is 1. The molecule has 0 atom stereocenters. The number of amides is 2. The van der Waals surface area contributed by atoms with Crippen molar-refractivity contribution in [2.75, 3.05) is 11.9 Å². The standard InChI is InChI=1S/C23H24N4O2/c1-4-22(28)27(3)20-10-7-17(8-11-20)21-12-9-19(15-25-21)23(29)26-14-18-6-5-13-24-16(18)2/h5-13,15H,4,14H2,1-3H3,(H,26,29). The third-order valence-electron chi connectivity index (χ3n) is 4.81. The molecule has 3 aromatic rings. The first-order chi connectivity index (χ1) is 14.0. The van der Waals surface area contributed by atoms with Crippen LogP contribution in [-0.4, -0.2) is 28.8 Å². The van der Waals surface area contributed by atoms with Crippen LogP contribution in [0, 0.1) is 6.92 Å². The molecular formula is C23H24N4O2. The van der Waals surface area contributed by atoms with Crippen LogP contribution < -0.4 is 10.2 Å². The van der Waals surface area contributed by atoms with Crippen molar-refractivity contribution >= 4 is 17.5 Å². The lowest BCUT2D eigenvalue weighted by Crippen LogP contribution is -2.24. The van der Waals surface area contributed by atoms with Crippen LogP contribution in [0.5, 0.6) is 0 Å². The summed E-state index contributed by atoms with van der Waals surface area (Å²) in [5.74, 6) is -0.116. The Hall–Kier alpha value is -3.54. The number of hydrogen-bond acceptors (Lipinski definition) is 4. The number of anilines is 1. The topological polar surface area (TPSA) is 75.2 Å². The molecule has 1 aromatic carbocycles. The lowest BCUT2D eigenvalue weighted by atomic mass is 10.1. The van der Waals surface area contributed by atoms with Gasteiger partial charge in [-0.2, -0.15) is 0 Å². The van der Waals surface area contributed by atoms with Crippen LogP contribution in [0.3, 0.4) is 0 Å². The highest BCUT2D eigenvalue weighted by Gasteiger charge is 2.10. The van der Waals surface area contributed by atoms with Crippen LogP contribution in [0.2, 0.25) is 0 Å². The lowest BCUT2D eigenvalue weighted by Gasteiger charge is -2.16. The normalized spacial score (nSPS) is 10.4. The Balaban J connectivity index is 1.66. The van der Waals surface area contributed by atoms with E-state index in [0.29, 0.717) is 18.5 Å². The Labute approximate surface area is 170 Å². The van der Waals surface area contributed by atoms with Crippen molar-refractivity contribution in [2.24, 2.45) is 0 Å². The smallest absolute Gasteiger partial charge is 0.253 e. The van der Waals surface area contributed by atoms with Gasteiger partial charge in [0.05, 0.1) is 11.3 Å². The summed E-state index contributed by atoms with van der Waals surface area (Å²) >= 11 is 0. The van der Waals surface area contributed by atoms with Crippen molar-refractivity contribution < 1.29 is 9.59 Å². The highest BCUT2D eigenvalue weighted by Crippen LogP contribution is 2.22. The fourth-order valence-electron chi connectivity index (χ4n) is 2.92. The summed E-state index contributed by atoms with van der Waals surface area (Å²) in [5.41, 5.74) is 4.90. The fourth-order valence-corrected chi connectivity index (χ4v) is 2.92. The molecule has 0 bridgehead atoms. The lowest BCUT2D eigenvalue weighted by molar-refractivity contribution is -0.118. The molecule has 2 amide bonds. The summed E-state index contributed by atoms with van der Waals surface area (Å²) in [6.45, 7) is 4.18. The maximum Gasteiger partial charge on any atom is 0.253 e. The zero-order valence-corrected chi connectivity index (χ0v) is 16.8.